The maximum atomic E-state index is 11.4. The minimum atomic E-state index is 0.0246. The fraction of sp³-hybridized carbons (Fsp3) is 0.235. The van der Waals surface area contributed by atoms with E-state index in [0.717, 1.165) is 16.9 Å². The molecule has 0 N–H and O–H groups in total. The number of hydrogen-bond donors (Lipinski definition) is 0. The molecule has 3 nitrogen and oxygen atoms in total. The quantitative estimate of drug-likeness (QED) is 0.748. The van der Waals surface area contributed by atoms with Gasteiger partial charge in [0, 0.05) is 16.1 Å². The SMILES string of the molecule is COc1ccc(C(C)=O)cc1COCc1ccc(Cl)cc1. The largest absolute Gasteiger partial charge is 0.496 e. The Morgan fingerprint density at radius 2 is 1.81 bits per heavy atom. The second-order valence-electron chi connectivity index (χ2n) is 4.70. The molecule has 2 rings (SSSR count). The highest BCUT2D eigenvalue weighted by molar-refractivity contribution is 6.30. The summed E-state index contributed by atoms with van der Waals surface area (Å²) in [5, 5.41) is 0.703. The van der Waals surface area contributed by atoms with E-state index in [9.17, 15) is 4.79 Å². The molecule has 2 aromatic carbocycles. The van der Waals surface area contributed by atoms with Crippen molar-refractivity contribution in [2.75, 3.05) is 7.11 Å². The molecule has 0 heterocycles. The van der Waals surface area contributed by atoms with Crippen LogP contribution in [0.1, 0.15) is 28.4 Å². The molecule has 0 saturated carbocycles. The number of carbonyl (C=O) groups is 1. The molecular formula is C17H17ClO3. The molecule has 0 saturated heterocycles. The van der Waals surface area contributed by atoms with Crippen molar-refractivity contribution in [1.82, 2.24) is 0 Å². The molecule has 4 heteroatoms. The minimum absolute atomic E-state index is 0.0246. The van der Waals surface area contributed by atoms with E-state index < -0.39 is 0 Å². The maximum absolute atomic E-state index is 11.4. The van der Waals surface area contributed by atoms with Crippen LogP contribution in [0, 0.1) is 0 Å². The lowest BCUT2D eigenvalue weighted by Gasteiger charge is -2.10. The van der Waals surface area contributed by atoms with Crippen LogP contribution < -0.4 is 4.74 Å². The Bertz CT molecular complexity index is 620. The van der Waals surface area contributed by atoms with Gasteiger partial charge in [-0.1, -0.05) is 23.7 Å². The van der Waals surface area contributed by atoms with Gasteiger partial charge in [-0.15, -0.1) is 0 Å². The van der Waals surface area contributed by atoms with Crippen molar-refractivity contribution in [3.8, 4) is 5.75 Å². The normalized spacial score (nSPS) is 10.4. The summed E-state index contributed by atoms with van der Waals surface area (Å²) in [7, 11) is 1.60. The fourth-order valence-corrected chi connectivity index (χ4v) is 2.10. The van der Waals surface area contributed by atoms with Crippen molar-refractivity contribution in [1.29, 1.82) is 0 Å². The monoisotopic (exact) mass is 304 g/mol. The number of benzene rings is 2. The van der Waals surface area contributed by atoms with E-state index in [1.807, 2.05) is 30.3 Å². The first-order valence-corrected chi connectivity index (χ1v) is 6.98. The molecule has 0 aliphatic rings. The number of ether oxygens (including phenoxy) is 2. The van der Waals surface area contributed by atoms with Gasteiger partial charge in [-0.2, -0.15) is 0 Å². The second kappa shape index (κ2) is 7.25. The van der Waals surface area contributed by atoms with Gasteiger partial charge in [0.2, 0.25) is 0 Å². The zero-order chi connectivity index (χ0) is 15.2. The molecular weight excluding hydrogens is 288 g/mol. The molecule has 21 heavy (non-hydrogen) atoms. The molecule has 110 valence electrons. The zero-order valence-corrected chi connectivity index (χ0v) is 12.8. The van der Waals surface area contributed by atoms with Crippen LogP contribution in [0.4, 0.5) is 0 Å². The Morgan fingerprint density at radius 1 is 1.10 bits per heavy atom. The van der Waals surface area contributed by atoms with Gasteiger partial charge in [0.25, 0.3) is 0 Å². The van der Waals surface area contributed by atoms with E-state index >= 15 is 0 Å². The molecule has 0 atom stereocenters. The Labute approximate surface area is 129 Å². The van der Waals surface area contributed by atoms with E-state index in [2.05, 4.69) is 0 Å². The predicted molar refractivity (Wildman–Crippen MR) is 82.9 cm³/mol. The first-order valence-electron chi connectivity index (χ1n) is 6.60. The Hall–Kier alpha value is -1.84. The average molecular weight is 305 g/mol. The number of hydrogen-bond acceptors (Lipinski definition) is 3. The lowest BCUT2D eigenvalue weighted by atomic mass is 10.1. The van der Waals surface area contributed by atoms with Crippen LogP contribution >= 0.6 is 11.6 Å². The summed E-state index contributed by atoms with van der Waals surface area (Å²) in [5.41, 5.74) is 2.56. The van der Waals surface area contributed by atoms with E-state index in [4.69, 9.17) is 21.1 Å². The summed E-state index contributed by atoms with van der Waals surface area (Å²) >= 11 is 5.84. The lowest BCUT2D eigenvalue weighted by molar-refractivity contribution is 0.101. The van der Waals surface area contributed by atoms with Crippen LogP contribution in [0.2, 0.25) is 5.02 Å². The molecule has 0 spiro atoms. The fourth-order valence-electron chi connectivity index (χ4n) is 1.97. The van der Waals surface area contributed by atoms with E-state index in [1.54, 1.807) is 26.2 Å². The van der Waals surface area contributed by atoms with Gasteiger partial charge < -0.3 is 9.47 Å². The van der Waals surface area contributed by atoms with E-state index in [1.165, 1.54) is 0 Å². The summed E-state index contributed by atoms with van der Waals surface area (Å²) in [6.07, 6.45) is 0. The first-order chi connectivity index (χ1) is 10.1. The summed E-state index contributed by atoms with van der Waals surface area (Å²) in [6.45, 7) is 2.40. The van der Waals surface area contributed by atoms with Crippen molar-refractivity contribution >= 4 is 17.4 Å². The molecule has 0 radical (unpaired) electrons. The molecule has 0 bridgehead atoms. The highest BCUT2D eigenvalue weighted by atomic mass is 35.5. The molecule has 0 aliphatic carbocycles. The number of ketones is 1. The molecule has 0 aromatic heterocycles. The molecule has 0 aliphatic heterocycles. The van der Waals surface area contributed by atoms with Gasteiger partial charge in [-0.05, 0) is 42.8 Å². The van der Waals surface area contributed by atoms with Crippen LogP contribution in [0.25, 0.3) is 0 Å². The lowest BCUT2D eigenvalue weighted by Crippen LogP contribution is -2.00. The zero-order valence-electron chi connectivity index (χ0n) is 12.1. The smallest absolute Gasteiger partial charge is 0.159 e. The van der Waals surface area contributed by atoms with E-state index in [-0.39, 0.29) is 5.78 Å². The number of halogens is 1. The molecule has 0 fully saturated rings. The van der Waals surface area contributed by atoms with E-state index in [0.29, 0.717) is 23.8 Å². The van der Waals surface area contributed by atoms with Crippen LogP contribution in [0.3, 0.4) is 0 Å². The highest BCUT2D eigenvalue weighted by Gasteiger charge is 2.07. The average Bonchev–Trinajstić information content (AvgIpc) is 2.49. The summed E-state index contributed by atoms with van der Waals surface area (Å²) < 4.78 is 11.0. The van der Waals surface area contributed by atoms with Crippen molar-refractivity contribution in [2.24, 2.45) is 0 Å². The minimum Gasteiger partial charge on any atom is -0.496 e. The first kappa shape index (κ1) is 15.5. The molecule has 0 unspecified atom stereocenters. The third-order valence-electron chi connectivity index (χ3n) is 3.13. The number of carbonyl (C=O) groups excluding carboxylic acids is 1. The molecule has 0 amide bonds. The van der Waals surface area contributed by atoms with Gasteiger partial charge in [0.05, 0.1) is 20.3 Å². The summed E-state index contributed by atoms with van der Waals surface area (Å²) in [5.74, 6) is 0.743. The summed E-state index contributed by atoms with van der Waals surface area (Å²) in [4.78, 5) is 11.4. The van der Waals surface area contributed by atoms with Crippen LogP contribution in [0.15, 0.2) is 42.5 Å². The van der Waals surface area contributed by atoms with Crippen molar-refractivity contribution in [3.63, 3.8) is 0 Å². The van der Waals surface area contributed by atoms with Gasteiger partial charge in [0.15, 0.2) is 5.78 Å². The summed E-state index contributed by atoms with van der Waals surface area (Å²) in [6, 6.07) is 12.9. The van der Waals surface area contributed by atoms with Gasteiger partial charge in [-0.3, -0.25) is 4.79 Å². The third kappa shape index (κ3) is 4.31. The van der Waals surface area contributed by atoms with Crippen LogP contribution in [0.5, 0.6) is 5.75 Å². The maximum Gasteiger partial charge on any atom is 0.159 e. The van der Waals surface area contributed by atoms with Crippen LogP contribution in [-0.4, -0.2) is 12.9 Å². The third-order valence-corrected chi connectivity index (χ3v) is 3.38. The number of Topliss-reactive ketones (excluding diaryl/α,β-unsaturated/α-hetero) is 1. The van der Waals surface area contributed by atoms with Crippen molar-refractivity contribution in [3.05, 3.63) is 64.2 Å². The second-order valence-corrected chi connectivity index (χ2v) is 5.14. The Kier molecular flexibility index (Phi) is 5.37. The van der Waals surface area contributed by atoms with Gasteiger partial charge >= 0.3 is 0 Å². The number of methoxy groups -OCH3 is 1. The molecule has 2 aromatic rings. The van der Waals surface area contributed by atoms with Gasteiger partial charge in [0.1, 0.15) is 5.75 Å². The van der Waals surface area contributed by atoms with Crippen LogP contribution in [-0.2, 0) is 18.0 Å². The number of rotatable bonds is 6. The topological polar surface area (TPSA) is 35.5 Å². The van der Waals surface area contributed by atoms with Crippen molar-refractivity contribution in [2.45, 2.75) is 20.1 Å². The standard InChI is InChI=1S/C17H17ClO3/c1-12(19)14-5-8-17(20-2)15(9-14)11-21-10-13-3-6-16(18)7-4-13/h3-9H,10-11H2,1-2H3. The Morgan fingerprint density at radius 3 is 2.43 bits per heavy atom. The predicted octanol–water partition coefficient (Wildman–Crippen LogP) is 4.27. The van der Waals surface area contributed by atoms with Gasteiger partial charge in [-0.25, -0.2) is 0 Å². The Balaban J connectivity index is 2.03. The van der Waals surface area contributed by atoms with Crippen molar-refractivity contribution < 1.29 is 14.3 Å². The highest BCUT2D eigenvalue weighted by Crippen LogP contribution is 2.21.